The molecule has 1 aliphatic rings. The predicted molar refractivity (Wildman–Crippen MR) is 69.9 cm³/mol. The number of Topliss-reactive ketones (excluding diaryl/α,β-unsaturated/α-hetero) is 1. The molecule has 1 aliphatic heterocycles. The van der Waals surface area contributed by atoms with Crippen LogP contribution < -0.4 is 4.90 Å². The third-order valence-corrected chi connectivity index (χ3v) is 3.25. The van der Waals surface area contributed by atoms with Crippen LogP contribution in [0.2, 0.25) is 0 Å². The van der Waals surface area contributed by atoms with E-state index in [1.807, 2.05) is 0 Å². The Bertz CT molecular complexity index is 736. The lowest BCUT2D eigenvalue weighted by Gasteiger charge is -2.15. The lowest BCUT2D eigenvalue weighted by atomic mass is 10.1. The Labute approximate surface area is 114 Å². The van der Waals surface area contributed by atoms with E-state index in [4.69, 9.17) is 0 Å². The molecule has 0 aliphatic carbocycles. The van der Waals surface area contributed by atoms with E-state index < -0.39 is 17.5 Å². The molecule has 0 spiro atoms. The number of hydrogen-bond donors (Lipinski definition) is 0. The number of ketones is 1. The molecule has 0 fully saturated rings. The van der Waals surface area contributed by atoms with Crippen LogP contribution >= 0.6 is 0 Å². The van der Waals surface area contributed by atoms with Gasteiger partial charge in [0.05, 0.1) is 23.5 Å². The summed E-state index contributed by atoms with van der Waals surface area (Å²) in [5.41, 5.74) is 1.39. The summed E-state index contributed by atoms with van der Waals surface area (Å²) in [7, 11) is 1.75. The van der Waals surface area contributed by atoms with Crippen LogP contribution in [0.3, 0.4) is 0 Å². The molecule has 0 bridgehead atoms. The van der Waals surface area contributed by atoms with E-state index in [0.717, 1.165) is 4.90 Å². The molecule has 1 aromatic carbocycles. The summed E-state index contributed by atoms with van der Waals surface area (Å²) in [4.78, 5) is 25.1. The minimum atomic E-state index is -0.713. The van der Waals surface area contributed by atoms with Crippen molar-refractivity contribution in [1.82, 2.24) is 9.78 Å². The number of aromatic nitrogens is 2. The molecule has 0 unspecified atom stereocenters. The highest BCUT2D eigenvalue weighted by atomic mass is 19.1. The third kappa shape index (κ3) is 1.80. The Kier molecular flexibility index (Phi) is 2.67. The second-order valence-corrected chi connectivity index (χ2v) is 4.84. The van der Waals surface area contributed by atoms with Crippen molar-refractivity contribution in [2.45, 2.75) is 13.5 Å². The van der Waals surface area contributed by atoms with Crippen molar-refractivity contribution in [1.29, 1.82) is 0 Å². The second kappa shape index (κ2) is 4.26. The fourth-order valence-corrected chi connectivity index (χ4v) is 2.38. The Balaban J connectivity index is 2.06. The number of carbonyl (C=O) groups excluding carboxylic acids is 2. The van der Waals surface area contributed by atoms with E-state index in [9.17, 15) is 14.0 Å². The highest BCUT2D eigenvalue weighted by Crippen LogP contribution is 2.33. The number of nitrogens with zero attached hydrogens (tertiary/aromatic N) is 3. The molecule has 0 N–H and O–H groups in total. The molecule has 0 saturated heterocycles. The molecule has 6 heteroatoms. The maximum Gasteiger partial charge on any atom is 0.299 e. The smallest absolute Gasteiger partial charge is 0.296 e. The van der Waals surface area contributed by atoms with Gasteiger partial charge in [-0.25, -0.2) is 4.39 Å². The van der Waals surface area contributed by atoms with Crippen LogP contribution in [0.15, 0.2) is 24.4 Å². The van der Waals surface area contributed by atoms with Gasteiger partial charge < -0.3 is 0 Å². The van der Waals surface area contributed by atoms with Crippen LogP contribution in [0, 0.1) is 12.7 Å². The van der Waals surface area contributed by atoms with Gasteiger partial charge in [0.1, 0.15) is 5.82 Å². The lowest BCUT2D eigenvalue weighted by molar-refractivity contribution is -0.114. The second-order valence-electron chi connectivity index (χ2n) is 4.84. The number of carbonyl (C=O) groups is 2. The highest BCUT2D eigenvalue weighted by molar-refractivity contribution is 6.52. The predicted octanol–water partition coefficient (Wildman–Crippen LogP) is 1.60. The molecule has 20 heavy (non-hydrogen) atoms. The molecule has 1 aromatic heterocycles. The van der Waals surface area contributed by atoms with Crippen LogP contribution in [0.1, 0.15) is 21.6 Å². The third-order valence-electron chi connectivity index (χ3n) is 3.25. The van der Waals surface area contributed by atoms with Gasteiger partial charge >= 0.3 is 0 Å². The molecule has 0 radical (unpaired) electrons. The summed E-state index contributed by atoms with van der Waals surface area (Å²) >= 11 is 0. The molecule has 5 nitrogen and oxygen atoms in total. The fraction of sp³-hybridized carbons (Fsp3) is 0.214. The number of benzene rings is 1. The van der Waals surface area contributed by atoms with Gasteiger partial charge in [-0.1, -0.05) is 0 Å². The normalized spacial score (nSPS) is 14.1. The zero-order valence-corrected chi connectivity index (χ0v) is 11.1. The topological polar surface area (TPSA) is 55.2 Å². The van der Waals surface area contributed by atoms with Crippen LogP contribution in [0.25, 0.3) is 0 Å². The summed E-state index contributed by atoms with van der Waals surface area (Å²) in [6.07, 6.45) is 1.73. The molecule has 2 aromatic rings. The van der Waals surface area contributed by atoms with E-state index in [-0.39, 0.29) is 17.8 Å². The SMILES string of the molecule is Cc1cc(F)c2c(c1)C(=O)C(=O)N2Cc1ccn(C)n1. The van der Waals surface area contributed by atoms with Gasteiger partial charge in [0.15, 0.2) is 0 Å². The van der Waals surface area contributed by atoms with E-state index in [0.29, 0.717) is 11.3 Å². The molecular weight excluding hydrogens is 261 g/mol. The average Bonchev–Trinajstić information content (AvgIpc) is 2.88. The summed E-state index contributed by atoms with van der Waals surface area (Å²) in [5, 5.41) is 4.14. The Morgan fingerprint density at radius 2 is 2.05 bits per heavy atom. The van der Waals surface area contributed by atoms with Gasteiger partial charge in [-0.3, -0.25) is 19.2 Å². The summed E-state index contributed by atoms with van der Waals surface area (Å²) in [5.74, 6) is -1.94. The van der Waals surface area contributed by atoms with Gasteiger partial charge in [0.2, 0.25) is 0 Å². The van der Waals surface area contributed by atoms with Gasteiger partial charge in [-0.15, -0.1) is 0 Å². The molecule has 2 heterocycles. The Morgan fingerprint density at radius 3 is 2.70 bits per heavy atom. The first-order valence-electron chi connectivity index (χ1n) is 6.12. The molecule has 0 atom stereocenters. The maximum absolute atomic E-state index is 14.1. The van der Waals surface area contributed by atoms with E-state index >= 15 is 0 Å². The zero-order chi connectivity index (χ0) is 14.4. The molecular formula is C14H12FN3O2. The minimum absolute atomic E-state index is 0.0521. The monoisotopic (exact) mass is 273 g/mol. The molecule has 3 rings (SSSR count). The number of rotatable bonds is 2. The van der Waals surface area contributed by atoms with Gasteiger partial charge in [0, 0.05) is 13.2 Å². The molecule has 1 amide bonds. The zero-order valence-electron chi connectivity index (χ0n) is 11.1. The van der Waals surface area contributed by atoms with Gasteiger partial charge in [-0.05, 0) is 30.7 Å². The standard InChI is InChI=1S/C14H12FN3O2/c1-8-5-10-12(11(15)6-8)18(14(20)13(10)19)7-9-3-4-17(2)16-9/h3-6H,7H2,1-2H3. The van der Waals surface area contributed by atoms with Crippen LogP contribution in [-0.4, -0.2) is 21.5 Å². The van der Waals surface area contributed by atoms with Gasteiger partial charge in [-0.2, -0.15) is 5.10 Å². The van der Waals surface area contributed by atoms with E-state index in [1.54, 1.807) is 30.9 Å². The highest BCUT2D eigenvalue weighted by Gasteiger charge is 2.38. The van der Waals surface area contributed by atoms with Crippen LogP contribution in [0.4, 0.5) is 10.1 Å². The lowest BCUT2D eigenvalue weighted by Crippen LogP contribution is -2.29. The summed E-state index contributed by atoms with van der Waals surface area (Å²) < 4.78 is 15.7. The van der Waals surface area contributed by atoms with Crippen molar-refractivity contribution >= 4 is 17.4 Å². The average molecular weight is 273 g/mol. The summed E-state index contributed by atoms with van der Waals surface area (Å²) in [6.45, 7) is 1.76. The first-order chi connectivity index (χ1) is 9.47. The Hall–Kier alpha value is -2.50. The van der Waals surface area contributed by atoms with Crippen molar-refractivity contribution in [2.75, 3.05) is 4.90 Å². The maximum atomic E-state index is 14.1. The fourth-order valence-electron chi connectivity index (χ4n) is 2.38. The Morgan fingerprint density at radius 1 is 1.30 bits per heavy atom. The van der Waals surface area contributed by atoms with Crippen molar-refractivity contribution in [3.63, 3.8) is 0 Å². The number of aryl methyl sites for hydroxylation is 2. The first kappa shape index (κ1) is 12.5. The number of halogens is 1. The minimum Gasteiger partial charge on any atom is -0.296 e. The van der Waals surface area contributed by atoms with Crippen LogP contribution in [-0.2, 0) is 18.4 Å². The van der Waals surface area contributed by atoms with Crippen LogP contribution in [0.5, 0.6) is 0 Å². The summed E-state index contributed by atoms with van der Waals surface area (Å²) in [6, 6.07) is 4.58. The number of anilines is 1. The van der Waals surface area contributed by atoms with Crippen molar-refractivity contribution < 1.29 is 14.0 Å². The number of amides is 1. The number of fused-ring (bicyclic) bond motifs is 1. The van der Waals surface area contributed by atoms with Gasteiger partial charge in [0.25, 0.3) is 11.7 Å². The van der Waals surface area contributed by atoms with E-state index in [2.05, 4.69) is 5.10 Å². The number of hydrogen-bond acceptors (Lipinski definition) is 3. The largest absolute Gasteiger partial charge is 0.299 e. The van der Waals surface area contributed by atoms with Crippen molar-refractivity contribution in [2.24, 2.45) is 7.05 Å². The molecule has 102 valence electrons. The quantitative estimate of drug-likeness (QED) is 0.781. The van der Waals surface area contributed by atoms with Crippen molar-refractivity contribution in [3.8, 4) is 0 Å². The molecule has 0 saturated carbocycles. The first-order valence-corrected chi connectivity index (χ1v) is 6.12. The van der Waals surface area contributed by atoms with E-state index in [1.165, 1.54) is 12.1 Å². The van der Waals surface area contributed by atoms with Crippen molar-refractivity contribution in [3.05, 3.63) is 47.0 Å².